The minimum absolute atomic E-state index is 0.00776. The first-order valence-corrected chi connectivity index (χ1v) is 9.99. The largest absolute Gasteiger partial charge is 0.356 e. The number of amides is 1. The fraction of sp³-hybridized carbons (Fsp3) is 0.421. The molecular formula is C19H19BrN6O2. The summed E-state index contributed by atoms with van der Waals surface area (Å²) in [5.41, 5.74) is 1.33. The number of hydrogen-bond acceptors (Lipinski definition) is 7. The number of hydrogen-bond donors (Lipinski definition) is 0. The van der Waals surface area contributed by atoms with Gasteiger partial charge in [-0.25, -0.2) is 15.0 Å². The number of pyridine rings is 1. The van der Waals surface area contributed by atoms with Gasteiger partial charge in [-0.2, -0.15) is 5.26 Å². The molecule has 2 saturated heterocycles. The molecule has 8 nitrogen and oxygen atoms in total. The number of nitriles is 1. The molecule has 2 aromatic rings. The second-order valence-electron chi connectivity index (χ2n) is 6.87. The van der Waals surface area contributed by atoms with Gasteiger partial charge in [-0.1, -0.05) is 0 Å². The monoisotopic (exact) mass is 442 g/mol. The molecule has 0 radical (unpaired) electrons. The van der Waals surface area contributed by atoms with Crippen LogP contribution in [-0.4, -0.2) is 45.6 Å². The Hall–Kier alpha value is -2.57. The second-order valence-corrected chi connectivity index (χ2v) is 7.57. The number of piperidine rings is 1. The van der Waals surface area contributed by atoms with Gasteiger partial charge in [0.05, 0.1) is 18.2 Å². The number of anilines is 1. The highest BCUT2D eigenvalue weighted by molar-refractivity contribution is 9.10. The molecule has 0 N–H and O–H groups in total. The van der Waals surface area contributed by atoms with Gasteiger partial charge in [0.2, 0.25) is 5.91 Å². The second kappa shape index (κ2) is 8.20. The molecule has 28 heavy (non-hydrogen) atoms. The molecule has 0 aliphatic carbocycles. The van der Waals surface area contributed by atoms with Gasteiger partial charge in [-0.15, -0.1) is 0 Å². The molecule has 2 aliphatic heterocycles. The molecule has 1 unspecified atom stereocenters. The van der Waals surface area contributed by atoms with Gasteiger partial charge in [0.1, 0.15) is 11.9 Å². The molecule has 2 fully saturated rings. The van der Waals surface area contributed by atoms with Crippen LogP contribution in [0.2, 0.25) is 0 Å². The van der Waals surface area contributed by atoms with Crippen LogP contribution in [0.3, 0.4) is 0 Å². The van der Waals surface area contributed by atoms with E-state index in [2.05, 4.69) is 41.9 Å². The van der Waals surface area contributed by atoms with Crippen LogP contribution in [0.5, 0.6) is 0 Å². The molecule has 2 aromatic heterocycles. The fourth-order valence-corrected chi connectivity index (χ4v) is 4.03. The third-order valence-corrected chi connectivity index (χ3v) is 5.56. The summed E-state index contributed by atoms with van der Waals surface area (Å²) in [7, 11) is 0. The van der Waals surface area contributed by atoms with Crippen LogP contribution in [0.15, 0.2) is 35.5 Å². The van der Waals surface area contributed by atoms with E-state index in [0.717, 1.165) is 37.3 Å². The van der Waals surface area contributed by atoms with E-state index in [4.69, 9.17) is 10.1 Å². The Kier molecular flexibility index (Phi) is 5.50. The van der Waals surface area contributed by atoms with Crippen LogP contribution in [0, 0.1) is 17.2 Å². The quantitative estimate of drug-likeness (QED) is 0.673. The predicted molar refractivity (Wildman–Crippen MR) is 104 cm³/mol. The molecular weight excluding hydrogens is 424 g/mol. The molecule has 0 aromatic carbocycles. The average Bonchev–Trinajstić information content (AvgIpc) is 3.23. The van der Waals surface area contributed by atoms with Crippen molar-refractivity contribution in [2.24, 2.45) is 5.92 Å². The van der Waals surface area contributed by atoms with Crippen molar-refractivity contribution in [2.45, 2.75) is 25.3 Å². The van der Waals surface area contributed by atoms with Crippen molar-refractivity contribution in [2.75, 3.05) is 24.6 Å². The number of halogens is 1. The van der Waals surface area contributed by atoms with E-state index in [1.54, 1.807) is 18.5 Å². The number of rotatable bonds is 3. The van der Waals surface area contributed by atoms with Crippen LogP contribution >= 0.6 is 15.9 Å². The van der Waals surface area contributed by atoms with Crippen molar-refractivity contribution in [1.29, 1.82) is 5.26 Å². The lowest BCUT2D eigenvalue weighted by Gasteiger charge is -2.34. The van der Waals surface area contributed by atoms with Gasteiger partial charge in [0.15, 0.2) is 4.73 Å². The highest BCUT2D eigenvalue weighted by Gasteiger charge is 2.37. The van der Waals surface area contributed by atoms with E-state index in [-0.39, 0.29) is 17.9 Å². The van der Waals surface area contributed by atoms with Crippen molar-refractivity contribution in [3.63, 3.8) is 0 Å². The Morgan fingerprint density at radius 3 is 2.86 bits per heavy atom. The van der Waals surface area contributed by atoms with E-state index in [0.29, 0.717) is 23.3 Å². The molecule has 1 amide bonds. The smallest absolute Gasteiger partial charge is 0.249 e. The molecule has 0 bridgehead atoms. The van der Waals surface area contributed by atoms with Gasteiger partial charge >= 0.3 is 0 Å². The zero-order valence-electron chi connectivity index (χ0n) is 15.2. The Balaban J connectivity index is 1.42. The third kappa shape index (κ3) is 3.84. The van der Waals surface area contributed by atoms with E-state index >= 15 is 0 Å². The first-order chi connectivity index (χ1) is 13.7. The van der Waals surface area contributed by atoms with Gasteiger partial charge in [-0.05, 0) is 46.5 Å². The summed E-state index contributed by atoms with van der Waals surface area (Å²) in [5.74, 6) is 0.782. The van der Waals surface area contributed by atoms with Crippen molar-refractivity contribution >= 4 is 27.7 Å². The maximum absolute atomic E-state index is 13.1. The maximum atomic E-state index is 13.1. The molecule has 1 atom stereocenters. The summed E-state index contributed by atoms with van der Waals surface area (Å²) in [6.07, 6.45) is 7.13. The molecule has 4 rings (SSSR count). The number of carbonyl (C=O) groups excluding carboxylic acids is 1. The Labute approximate surface area is 171 Å². The minimum Gasteiger partial charge on any atom is -0.356 e. The lowest BCUT2D eigenvalue weighted by atomic mass is 9.94. The van der Waals surface area contributed by atoms with Crippen LogP contribution in [0.25, 0.3) is 0 Å². The summed E-state index contributed by atoms with van der Waals surface area (Å²) in [4.78, 5) is 33.5. The van der Waals surface area contributed by atoms with E-state index in [1.807, 2.05) is 6.07 Å². The zero-order valence-corrected chi connectivity index (χ0v) is 16.7. The predicted octanol–water partition coefficient (Wildman–Crippen LogP) is 2.63. The molecule has 0 saturated carbocycles. The van der Waals surface area contributed by atoms with E-state index in [1.165, 1.54) is 11.3 Å². The van der Waals surface area contributed by atoms with Crippen molar-refractivity contribution in [3.05, 3.63) is 46.6 Å². The summed E-state index contributed by atoms with van der Waals surface area (Å²) in [6.45, 7) is 1.99. The number of aromatic nitrogens is 3. The highest BCUT2D eigenvalue weighted by atomic mass is 79.9. The first kappa shape index (κ1) is 18.8. The molecule has 0 spiro atoms. The third-order valence-electron chi connectivity index (χ3n) is 5.17. The Morgan fingerprint density at radius 1 is 1.29 bits per heavy atom. The van der Waals surface area contributed by atoms with Gasteiger partial charge in [0.25, 0.3) is 0 Å². The summed E-state index contributed by atoms with van der Waals surface area (Å²) in [6, 6.07) is 5.56. The van der Waals surface area contributed by atoms with Crippen molar-refractivity contribution in [1.82, 2.24) is 20.0 Å². The minimum atomic E-state index is -0.191. The maximum Gasteiger partial charge on any atom is 0.249 e. The van der Waals surface area contributed by atoms with Crippen LogP contribution < -0.4 is 4.90 Å². The SMILES string of the molecule is N#Cc1cncc(C2CCON2C(=O)C2CCN(c3ccnc(Br)n3)CC2)c1. The number of nitrogens with zero attached hydrogens (tertiary/aromatic N) is 6. The van der Waals surface area contributed by atoms with E-state index in [9.17, 15) is 4.79 Å². The molecule has 4 heterocycles. The van der Waals surface area contributed by atoms with Crippen molar-refractivity contribution in [3.8, 4) is 6.07 Å². The first-order valence-electron chi connectivity index (χ1n) is 9.20. The molecule has 144 valence electrons. The Morgan fingerprint density at radius 2 is 2.11 bits per heavy atom. The molecule has 2 aliphatic rings. The van der Waals surface area contributed by atoms with Crippen LogP contribution in [0.1, 0.15) is 36.4 Å². The van der Waals surface area contributed by atoms with Gasteiger partial charge < -0.3 is 4.90 Å². The standard InChI is InChI=1S/C19H19BrN6O2/c20-19-23-5-1-17(24-19)25-6-2-14(3-7-25)18(27)26-16(4-8-28-26)15-9-13(10-21)11-22-12-15/h1,5,9,11-12,14,16H,2-4,6-8H2. The lowest BCUT2D eigenvalue weighted by Crippen LogP contribution is -2.42. The number of hydroxylamine groups is 2. The zero-order chi connectivity index (χ0) is 19.5. The van der Waals surface area contributed by atoms with E-state index < -0.39 is 0 Å². The highest BCUT2D eigenvalue weighted by Crippen LogP contribution is 2.33. The normalized spacial score (nSPS) is 20.2. The van der Waals surface area contributed by atoms with Crippen molar-refractivity contribution < 1.29 is 9.63 Å². The fourth-order valence-electron chi connectivity index (χ4n) is 3.73. The van der Waals surface area contributed by atoms with Crippen LogP contribution in [-0.2, 0) is 9.63 Å². The molecule has 9 heteroatoms. The van der Waals surface area contributed by atoms with Crippen LogP contribution in [0.4, 0.5) is 5.82 Å². The topological polar surface area (TPSA) is 95.2 Å². The Bertz CT molecular complexity index is 909. The average molecular weight is 443 g/mol. The van der Waals surface area contributed by atoms with Gasteiger partial charge in [0, 0.05) is 44.0 Å². The summed E-state index contributed by atoms with van der Waals surface area (Å²) in [5, 5.41) is 10.6. The van der Waals surface area contributed by atoms with Gasteiger partial charge in [-0.3, -0.25) is 14.6 Å². The summed E-state index contributed by atoms with van der Waals surface area (Å²) < 4.78 is 0.560. The number of carbonyl (C=O) groups is 1. The lowest BCUT2D eigenvalue weighted by molar-refractivity contribution is -0.182. The summed E-state index contributed by atoms with van der Waals surface area (Å²) >= 11 is 3.30.